The van der Waals surface area contributed by atoms with E-state index in [1.807, 2.05) is 6.92 Å². The van der Waals surface area contributed by atoms with Crippen LogP contribution in [-0.2, 0) is 0 Å². The number of aliphatic hydroxyl groups is 1. The molecule has 1 fully saturated rings. The zero-order valence-corrected chi connectivity index (χ0v) is 11.4. The van der Waals surface area contributed by atoms with Crippen molar-refractivity contribution >= 4 is 6.03 Å². The van der Waals surface area contributed by atoms with E-state index in [0.717, 1.165) is 25.7 Å². The van der Waals surface area contributed by atoms with Gasteiger partial charge in [0.05, 0.1) is 12.1 Å². The molecule has 0 spiro atoms. The van der Waals surface area contributed by atoms with Gasteiger partial charge in [-0.15, -0.1) is 0 Å². The summed E-state index contributed by atoms with van der Waals surface area (Å²) >= 11 is 0. The van der Waals surface area contributed by atoms with Crippen LogP contribution in [0.2, 0.25) is 0 Å². The standard InChI is InChI=1S/C13H26N2O2/c1-9(13(2,3)4)14-12(17)15-10-7-5-6-8-11(10)16/h9-11,16H,5-8H2,1-4H3,(H2,14,15,17). The number of urea groups is 1. The lowest BCUT2D eigenvalue weighted by atomic mass is 9.88. The van der Waals surface area contributed by atoms with Crippen molar-refractivity contribution in [1.29, 1.82) is 0 Å². The molecule has 0 heterocycles. The molecule has 0 aromatic rings. The predicted molar refractivity (Wildman–Crippen MR) is 68.8 cm³/mol. The number of amides is 2. The van der Waals surface area contributed by atoms with Crippen molar-refractivity contribution in [2.24, 2.45) is 5.41 Å². The van der Waals surface area contributed by atoms with Crippen LogP contribution in [0.15, 0.2) is 0 Å². The van der Waals surface area contributed by atoms with E-state index in [2.05, 4.69) is 31.4 Å². The lowest BCUT2D eigenvalue weighted by Gasteiger charge is -2.31. The van der Waals surface area contributed by atoms with Crippen molar-refractivity contribution in [1.82, 2.24) is 10.6 Å². The predicted octanol–water partition coefficient (Wildman–Crippen LogP) is 2.02. The fraction of sp³-hybridized carbons (Fsp3) is 0.923. The van der Waals surface area contributed by atoms with Gasteiger partial charge < -0.3 is 15.7 Å². The van der Waals surface area contributed by atoms with Crippen molar-refractivity contribution in [3.05, 3.63) is 0 Å². The Kier molecular flexibility index (Phi) is 4.80. The van der Waals surface area contributed by atoms with Crippen LogP contribution < -0.4 is 10.6 Å². The van der Waals surface area contributed by atoms with Gasteiger partial charge in [-0.3, -0.25) is 0 Å². The van der Waals surface area contributed by atoms with Crippen LogP contribution >= 0.6 is 0 Å². The highest BCUT2D eigenvalue weighted by molar-refractivity contribution is 5.74. The van der Waals surface area contributed by atoms with Gasteiger partial charge in [-0.2, -0.15) is 0 Å². The van der Waals surface area contributed by atoms with Gasteiger partial charge in [-0.25, -0.2) is 4.79 Å². The van der Waals surface area contributed by atoms with Crippen LogP contribution in [0.1, 0.15) is 53.4 Å². The lowest BCUT2D eigenvalue weighted by molar-refractivity contribution is 0.0935. The first-order valence-corrected chi connectivity index (χ1v) is 6.56. The maximum Gasteiger partial charge on any atom is 0.315 e. The summed E-state index contributed by atoms with van der Waals surface area (Å²) in [4.78, 5) is 11.8. The monoisotopic (exact) mass is 242 g/mol. The summed E-state index contributed by atoms with van der Waals surface area (Å²) in [5, 5.41) is 15.6. The van der Waals surface area contributed by atoms with Gasteiger partial charge in [0.25, 0.3) is 0 Å². The topological polar surface area (TPSA) is 61.4 Å². The third-order valence-electron chi connectivity index (χ3n) is 3.69. The molecule has 0 radical (unpaired) electrons. The molecule has 1 rings (SSSR count). The number of aliphatic hydroxyl groups excluding tert-OH is 1. The van der Waals surface area contributed by atoms with Crippen LogP contribution in [0.25, 0.3) is 0 Å². The number of hydrogen-bond donors (Lipinski definition) is 3. The Morgan fingerprint density at radius 2 is 1.88 bits per heavy atom. The molecule has 0 bridgehead atoms. The quantitative estimate of drug-likeness (QED) is 0.694. The minimum Gasteiger partial charge on any atom is -0.391 e. The van der Waals surface area contributed by atoms with E-state index >= 15 is 0 Å². The largest absolute Gasteiger partial charge is 0.391 e. The van der Waals surface area contributed by atoms with Gasteiger partial charge >= 0.3 is 6.03 Å². The normalized spacial score (nSPS) is 27.4. The molecule has 17 heavy (non-hydrogen) atoms. The van der Waals surface area contributed by atoms with Crippen molar-refractivity contribution in [3.63, 3.8) is 0 Å². The Morgan fingerprint density at radius 3 is 2.41 bits per heavy atom. The number of carbonyl (C=O) groups is 1. The molecular formula is C13H26N2O2. The third kappa shape index (κ3) is 4.54. The highest BCUT2D eigenvalue weighted by Gasteiger charge is 2.26. The molecular weight excluding hydrogens is 216 g/mol. The van der Waals surface area contributed by atoms with Gasteiger partial charge in [-0.1, -0.05) is 33.6 Å². The molecule has 4 heteroatoms. The number of carbonyl (C=O) groups excluding carboxylic acids is 1. The summed E-state index contributed by atoms with van der Waals surface area (Å²) in [7, 11) is 0. The van der Waals surface area contributed by atoms with Gasteiger partial charge in [0.15, 0.2) is 0 Å². The van der Waals surface area contributed by atoms with Gasteiger partial charge in [0.2, 0.25) is 0 Å². The first kappa shape index (κ1) is 14.3. The molecule has 4 nitrogen and oxygen atoms in total. The van der Waals surface area contributed by atoms with E-state index in [0.29, 0.717) is 0 Å². The molecule has 3 atom stereocenters. The Bertz CT molecular complexity index is 261. The fourth-order valence-corrected chi connectivity index (χ4v) is 1.90. The van der Waals surface area contributed by atoms with Gasteiger partial charge in [0, 0.05) is 6.04 Å². The van der Waals surface area contributed by atoms with Crippen LogP contribution in [0.4, 0.5) is 4.79 Å². The number of rotatable bonds is 2. The molecule has 3 unspecified atom stereocenters. The van der Waals surface area contributed by atoms with Crippen LogP contribution in [-0.4, -0.2) is 29.3 Å². The summed E-state index contributed by atoms with van der Waals surface area (Å²) in [5.41, 5.74) is 0.0442. The van der Waals surface area contributed by atoms with Crippen LogP contribution in [0, 0.1) is 5.41 Å². The molecule has 3 N–H and O–H groups in total. The van der Waals surface area contributed by atoms with E-state index in [1.165, 1.54) is 0 Å². The van der Waals surface area contributed by atoms with Crippen molar-refractivity contribution < 1.29 is 9.90 Å². The summed E-state index contributed by atoms with van der Waals surface area (Å²) in [5.74, 6) is 0. The van der Waals surface area contributed by atoms with E-state index in [1.54, 1.807) is 0 Å². The van der Waals surface area contributed by atoms with Crippen molar-refractivity contribution in [2.75, 3.05) is 0 Å². The number of hydrogen-bond acceptors (Lipinski definition) is 2. The molecule has 1 aliphatic rings. The molecule has 2 amide bonds. The molecule has 0 aromatic heterocycles. The molecule has 100 valence electrons. The third-order valence-corrected chi connectivity index (χ3v) is 3.69. The SMILES string of the molecule is CC(NC(=O)NC1CCCCC1O)C(C)(C)C. The second kappa shape index (κ2) is 5.71. The average molecular weight is 242 g/mol. The van der Waals surface area contributed by atoms with Gasteiger partial charge in [0.1, 0.15) is 0 Å². The average Bonchev–Trinajstić information content (AvgIpc) is 2.20. The van der Waals surface area contributed by atoms with Crippen molar-refractivity contribution in [3.8, 4) is 0 Å². The lowest BCUT2D eigenvalue weighted by Crippen LogP contribution is -2.52. The van der Waals surface area contributed by atoms with E-state index in [9.17, 15) is 9.90 Å². The molecule has 0 saturated heterocycles. The fourth-order valence-electron chi connectivity index (χ4n) is 1.90. The minimum atomic E-state index is -0.389. The molecule has 0 aromatic carbocycles. The molecule has 1 saturated carbocycles. The zero-order valence-electron chi connectivity index (χ0n) is 11.4. The summed E-state index contributed by atoms with van der Waals surface area (Å²) in [6.07, 6.45) is 3.41. The smallest absolute Gasteiger partial charge is 0.315 e. The minimum absolute atomic E-state index is 0.0442. The molecule has 0 aliphatic heterocycles. The van der Waals surface area contributed by atoms with Crippen LogP contribution in [0.3, 0.4) is 0 Å². The maximum absolute atomic E-state index is 11.8. The Morgan fingerprint density at radius 1 is 1.29 bits per heavy atom. The maximum atomic E-state index is 11.8. The first-order chi connectivity index (χ1) is 7.80. The Hall–Kier alpha value is -0.770. The van der Waals surface area contributed by atoms with E-state index in [-0.39, 0.29) is 29.6 Å². The van der Waals surface area contributed by atoms with Crippen molar-refractivity contribution in [2.45, 2.75) is 71.6 Å². The summed E-state index contributed by atoms with van der Waals surface area (Å²) in [6, 6.07) is -0.155. The van der Waals surface area contributed by atoms with Crippen LogP contribution in [0.5, 0.6) is 0 Å². The molecule has 1 aliphatic carbocycles. The highest BCUT2D eigenvalue weighted by atomic mass is 16.3. The number of nitrogens with one attached hydrogen (secondary N) is 2. The summed E-state index contributed by atoms with van der Waals surface area (Å²) < 4.78 is 0. The second-order valence-electron chi connectivity index (χ2n) is 6.16. The Balaban J connectivity index is 2.38. The van der Waals surface area contributed by atoms with Gasteiger partial charge in [-0.05, 0) is 25.2 Å². The Labute approximate surface area is 104 Å². The summed E-state index contributed by atoms with van der Waals surface area (Å²) in [6.45, 7) is 8.27. The van der Waals surface area contributed by atoms with E-state index in [4.69, 9.17) is 0 Å². The second-order valence-corrected chi connectivity index (χ2v) is 6.16. The van der Waals surface area contributed by atoms with E-state index < -0.39 is 0 Å². The first-order valence-electron chi connectivity index (χ1n) is 6.56. The highest BCUT2D eigenvalue weighted by Crippen LogP contribution is 2.20. The zero-order chi connectivity index (χ0) is 13.1.